The van der Waals surface area contributed by atoms with Crippen LogP contribution in [0.5, 0.6) is 0 Å². The molecular weight excluding hydrogens is 681 g/mol. The third-order valence-electron chi connectivity index (χ3n) is 11.5. The van der Waals surface area contributed by atoms with Gasteiger partial charge in [0.05, 0.1) is 33.3 Å². The highest BCUT2D eigenvalue weighted by atomic mass is 15.2. The van der Waals surface area contributed by atoms with E-state index in [1.54, 1.807) is 0 Å². The predicted octanol–water partition coefficient (Wildman–Crippen LogP) is 13.5. The van der Waals surface area contributed by atoms with Gasteiger partial charge in [0.25, 0.3) is 0 Å². The van der Waals surface area contributed by atoms with Gasteiger partial charge < -0.3 is 4.57 Å². The van der Waals surface area contributed by atoms with Crippen molar-refractivity contribution in [3.63, 3.8) is 0 Å². The van der Waals surface area contributed by atoms with Crippen LogP contribution in [0.15, 0.2) is 194 Å². The molecule has 260 valence electrons. The monoisotopic (exact) mass is 712 g/mol. The van der Waals surface area contributed by atoms with Crippen molar-refractivity contribution < 1.29 is 0 Å². The summed E-state index contributed by atoms with van der Waals surface area (Å²) in [6, 6.07) is 69.6. The van der Waals surface area contributed by atoms with E-state index in [1.807, 2.05) is 0 Å². The lowest BCUT2D eigenvalue weighted by Crippen LogP contribution is -2.04. The van der Waals surface area contributed by atoms with Crippen LogP contribution in [-0.4, -0.2) is 19.1 Å². The highest BCUT2D eigenvalue weighted by molar-refractivity contribution is 6.23. The summed E-state index contributed by atoms with van der Waals surface area (Å²) in [4.78, 5) is 10.9. The molecule has 0 saturated heterocycles. The summed E-state index contributed by atoms with van der Waals surface area (Å²) in [5.41, 5.74) is 10.8. The second-order valence-electron chi connectivity index (χ2n) is 14.6. The van der Waals surface area contributed by atoms with E-state index in [2.05, 4.69) is 203 Å². The number of fused-ring (bicyclic) bond motifs is 10. The Kier molecular flexibility index (Phi) is 6.60. The van der Waals surface area contributed by atoms with Crippen molar-refractivity contribution in [2.24, 2.45) is 0 Å². The van der Waals surface area contributed by atoms with Crippen LogP contribution in [0.4, 0.5) is 0 Å². The maximum atomic E-state index is 5.51. The average Bonchev–Trinajstić information content (AvgIpc) is 3.77. The molecule has 12 rings (SSSR count). The topological polar surface area (TPSA) is 35.6 Å². The lowest BCUT2D eigenvalue weighted by molar-refractivity contribution is 1.02. The Hall–Kier alpha value is -7.56. The van der Waals surface area contributed by atoms with Crippen molar-refractivity contribution in [2.75, 3.05) is 0 Å². The third-order valence-corrected chi connectivity index (χ3v) is 11.5. The largest absolute Gasteiger partial charge is 0.309 e. The quantitative estimate of drug-likeness (QED) is 0.182. The molecular formula is C52H32N4. The second-order valence-corrected chi connectivity index (χ2v) is 14.6. The van der Waals surface area contributed by atoms with E-state index < -0.39 is 0 Å². The fraction of sp³-hybridized carbons (Fsp3) is 0. The summed E-state index contributed by atoms with van der Waals surface area (Å²) < 4.78 is 4.69. The second kappa shape index (κ2) is 12.0. The Morgan fingerprint density at radius 3 is 1.80 bits per heavy atom. The summed E-state index contributed by atoms with van der Waals surface area (Å²) in [6.07, 6.45) is 0. The molecule has 0 saturated carbocycles. The zero-order chi connectivity index (χ0) is 36.7. The Morgan fingerprint density at radius 1 is 0.321 bits per heavy atom. The molecule has 0 atom stereocenters. The van der Waals surface area contributed by atoms with E-state index in [0.29, 0.717) is 5.95 Å². The van der Waals surface area contributed by atoms with Crippen molar-refractivity contribution in [3.05, 3.63) is 194 Å². The van der Waals surface area contributed by atoms with Gasteiger partial charge in [-0.05, 0) is 69.8 Å². The van der Waals surface area contributed by atoms with E-state index in [9.17, 15) is 0 Å². The smallest absolute Gasteiger partial charge is 0.235 e. The molecule has 9 aromatic carbocycles. The molecule has 0 spiro atoms. The van der Waals surface area contributed by atoms with Crippen molar-refractivity contribution in [3.8, 4) is 34.0 Å². The van der Waals surface area contributed by atoms with E-state index in [1.165, 1.54) is 59.7 Å². The normalized spacial score (nSPS) is 11.9. The zero-order valence-electron chi connectivity index (χ0n) is 30.3. The molecule has 0 amide bonds. The molecule has 0 bridgehead atoms. The first-order valence-electron chi connectivity index (χ1n) is 19.1. The van der Waals surface area contributed by atoms with E-state index >= 15 is 0 Å². The third kappa shape index (κ3) is 4.60. The van der Waals surface area contributed by atoms with E-state index in [-0.39, 0.29) is 0 Å². The summed E-state index contributed by atoms with van der Waals surface area (Å²) in [5.74, 6) is 0.649. The van der Waals surface area contributed by atoms with Gasteiger partial charge in [0.1, 0.15) is 0 Å². The Morgan fingerprint density at radius 2 is 0.946 bits per heavy atom. The molecule has 4 heteroatoms. The number of hydrogen-bond acceptors (Lipinski definition) is 2. The first kappa shape index (κ1) is 30.9. The number of benzene rings is 9. The molecule has 56 heavy (non-hydrogen) atoms. The first-order chi connectivity index (χ1) is 27.8. The minimum absolute atomic E-state index is 0.649. The maximum absolute atomic E-state index is 5.51. The fourth-order valence-corrected chi connectivity index (χ4v) is 8.88. The highest BCUT2D eigenvalue weighted by Crippen LogP contribution is 2.42. The zero-order valence-corrected chi connectivity index (χ0v) is 30.3. The molecule has 0 fully saturated rings. The summed E-state index contributed by atoms with van der Waals surface area (Å²) in [7, 11) is 0. The predicted molar refractivity (Wildman–Crippen MR) is 234 cm³/mol. The molecule has 0 unspecified atom stereocenters. The van der Waals surface area contributed by atoms with E-state index in [4.69, 9.17) is 9.97 Å². The van der Waals surface area contributed by atoms with Crippen LogP contribution < -0.4 is 0 Å². The van der Waals surface area contributed by atoms with Gasteiger partial charge in [0, 0.05) is 43.6 Å². The fourth-order valence-electron chi connectivity index (χ4n) is 8.88. The highest BCUT2D eigenvalue weighted by Gasteiger charge is 2.22. The van der Waals surface area contributed by atoms with Crippen molar-refractivity contribution in [1.29, 1.82) is 0 Å². The summed E-state index contributed by atoms with van der Waals surface area (Å²) in [6.45, 7) is 0. The SMILES string of the molecule is c1ccc(-n2c3ccccc3c3cc4c5ccc6ccccc6c5n(-c5nc(-c6ccc(-c7ccc8ccccc8c7)cc6)c6ccccc6n5)c4cc32)cc1. The molecule has 0 aliphatic heterocycles. The summed E-state index contributed by atoms with van der Waals surface area (Å²) >= 11 is 0. The molecule has 0 aliphatic carbocycles. The standard InChI is InChI=1S/C52H32N4/c1-2-15-39(16-3-1)55-47-21-11-9-18-41(47)44-31-45-42-29-28-35-13-6-7-17-40(35)51(42)56(49(45)32-48(44)55)52-53-46-20-10-8-19-43(46)50(54-52)36-25-22-34(23-26-36)38-27-24-33-12-4-5-14-37(33)30-38/h1-32H. The van der Waals surface area contributed by atoms with Crippen molar-refractivity contribution >= 4 is 76.1 Å². The molecule has 0 aliphatic rings. The van der Waals surface area contributed by atoms with Gasteiger partial charge in [-0.1, -0.05) is 152 Å². The number of nitrogens with zero attached hydrogens (tertiary/aromatic N) is 4. The molecule has 4 nitrogen and oxygen atoms in total. The Bertz CT molecular complexity index is 3520. The van der Waals surface area contributed by atoms with Gasteiger partial charge in [0.2, 0.25) is 5.95 Å². The van der Waals surface area contributed by atoms with Crippen molar-refractivity contribution in [2.45, 2.75) is 0 Å². The minimum atomic E-state index is 0.649. The number of aromatic nitrogens is 4. The van der Waals surface area contributed by atoms with Crippen LogP contribution in [0.2, 0.25) is 0 Å². The van der Waals surface area contributed by atoms with Gasteiger partial charge in [-0.25, -0.2) is 9.97 Å². The van der Waals surface area contributed by atoms with Gasteiger partial charge in [-0.15, -0.1) is 0 Å². The van der Waals surface area contributed by atoms with Crippen molar-refractivity contribution in [1.82, 2.24) is 19.1 Å². The van der Waals surface area contributed by atoms with Gasteiger partial charge in [-0.2, -0.15) is 0 Å². The van der Waals surface area contributed by atoms with E-state index in [0.717, 1.165) is 44.4 Å². The van der Waals surface area contributed by atoms with Gasteiger partial charge in [0.15, 0.2) is 0 Å². The van der Waals surface area contributed by atoms with Crippen LogP contribution in [0.1, 0.15) is 0 Å². The van der Waals surface area contributed by atoms with Crippen LogP contribution in [0.25, 0.3) is 110 Å². The Balaban J connectivity index is 1.14. The van der Waals surface area contributed by atoms with Gasteiger partial charge in [-0.3, -0.25) is 4.57 Å². The molecule has 12 aromatic rings. The lowest BCUT2D eigenvalue weighted by atomic mass is 9.99. The summed E-state index contributed by atoms with van der Waals surface area (Å²) in [5, 5.41) is 10.6. The molecule has 0 radical (unpaired) electrons. The average molecular weight is 713 g/mol. The van der Waals surface area contributed by atoms with Gasteiger partial charge >= 0.3 is 0 Å². The molecule has 3 heterocycles. The van der Waals surface area contributed by atoms with Crippen LogP contribution in [0.3, 0.4) is 0 Å². The van der Waals surface area contributed by atoms with Crippen LogP contribution >= 0.6 is 0 Å². The molecule has 3 aromatic heterocycles. The van der Waals surface area contributed by atoms with Crippen LogP contribution in [-0.2, 0) is 0 Å². The number of para-hydroxylation sites is 3. The molecule has 0 N–H and O–H groups in total. The number of rotatable bonds is 4. The number of hydrogen-bond donors (Lipinski definition) is 0. The maximum Gasteiger partial charge on any atom is 0.235 e. The van der Waals surface area contributed by atoms with Crippen LogP contribution in [0, 0.1) is 0 Å². The lowest BCUT2D eigenvalue weighted by Gasteiger charge is -2.13. The first-order valence-corrected chi connectivity index (χ1v) is 19.1. The minimum Gasteiger partial charge on any atom is -0.309 e. The Labute approximate surface area is 322 Å².